The minimum atomic E-state index is -2.91. The van der Waals surface area contributed by atoms with Crippen LogP contribution in [0.15, 0.2) is 29.4 Å². The molecule has 0 unspecified atom stereocenters. The average molecular weight is 449 g/mol. The first kappa shape index (κ1) is 25.8. The molecule has 3 aliphatic rings. The second-order valence-corrected chi connectivity index (χ2v) is 8.25. The number of rotatable bonds is 6. The van der Waals surface area contributed by atoms with Crippen LogP contribution in [0.3, 0.4) is 0 Å². The Morgan fingerprint density at radius 2 is 1.81 bits per heavy atom. The van der Waals surface area contributed by atoms with Gasteiger partial charge in [-0.05, 0) is 63.1 Å². The Hall–Kier alpha value is -2.48. The summed E-state index contributed by atoms with van der Waals surface area (Å²) in [6.45, 7) is 10.6. The van der Waals surface area contributed by atoms with Crippen LogP contribution in [-0.2, 0) is 0 Å². The lowest BCUT2D eigenvalue weighted by molar-refractivity contribution is 0.0637. The fourth-order valence-electron chi connectivity index (χ4n) is 4.02. The van der Waals surface area contributed by atoms with Gasteiger partial charge in [0.15, 0.2) is 5.82 Å². The van der Waals surface area contributed by atoms with Crippen LogP contribution in [-0.4, -0.2) is 46.9 Å². The molecule has 0 amide bonds. The normalized spacial score (nSPS) is 19.0. The van der Waals surface area contributed by atoms with E-state index in [0.717, 1.165) is 23.8 Å². The van der Waals surface area contributed by atoms with Crippen molar-refractivity contribution in [3.63, 3.8) is 0 Å². The van der Waals surface area contributed by atoms with E-state index in [-0.39, 0.29) is 5.57 Å². The SMILES string of the molecule is C=C1c2c(N)n[nH]c2C(C(/C=C(\C)C(C)(F)F)=NC)=CN1C(C1CC1)C1CC1.CC.CN. The maximum atomic E-state index is 13.8. The highest BCUT2D eigenvalue weighted by molar-refractivity contribution is 6.30. The first-order valence-electron chi connectivity index (χ1n) is 11.4. The van der Waals surface area contributed by atoms with Gasteiger partial charge in [0, 0.05) is 37.5 Å². The zero-order chi connectivity index (χ0) is 24.2. The topological polar surface area (TPSA) is 96.3 Å². The standard InChI is InChI=1S/C21H27F2N5.C2H6.CH5N/c1-11(21(3,22)23)9-16(25-4)15-10-28(19(13-5-6-13)14-7-8-14)12(2)17-18(15)26-27-20(17)24;2*1-2/h9-10,13-14,19H,2,5-8H2,1,3-4H3,(H3,24,26,27);1-2H3;2H2,1H3/b11-9+,25-16?;;. The molecule has 2 aliphatic carbocycles. The van der Waals surface area contributed by atoms with Gasteiger partial charge in [0.05, 0.1) is 17.0 Å². The van der Waals surface area contributed by atoms with Gasteiger partial charge in [-0.25, -0.2) is 8.78 Å². The predicted octanol–water partition coefficient (Wildman–Crippen LogP) is 5.08. The van der Waals surface area contributed by atoms with Crippen molar-refractivity contribution in [1.82, 2.24) is 15.1 Å². The third-order valence-electron chi connectivity index (χ3n) is 6.03. The van der Waals surface area contributed by atoms with E-state index >= 15 is 0 Å². The van der Waals surface area contributed by atoms with Crippen LogP contribution in [0.25, 0.3) is 11.3 Å². The van der Waals surface area contributed by atoms with E-state index in [0.29, 0.717) is 35.1 Å². The number of hydrogen-bond donors (Lipinski definition) is 3. The maximum absolute atomic E-state index is 13.8. The highest BCUT2D eigenvalue weighted by atomic mass is 19.3. The molecule has 5 N–H and O–H groups in total. The van der Waals surface area contributed by atoms with Crippen LogP contribution in [0.2, 0.25) is 0 Å². The molecule has 6 nitrogen and oxygen atoms in total. The summed E-state index contributed by atoms with van der Waals surface area (Å²) in [5.41, 5.74) is 14.1. The quantitative estimate of drug-likeness (QED) is 0.529. The number of nitrogen functional groups attached to an aromatic ring is 1. The molecule has 2 heterocycles. The smallest absolute Gasteiger partial charge is 0.266 e. The lowest BCUT2D eigenvalue weighted by Crippen LogP contribution is -2.35. The molecule has 0 spiro atoms. The molecule has 32 heavy (non-hydrogen) atoms. The van der Waals surface area contributed by atoms with Crippen LogP contribution >= 0.6 is 0 Å². The van der Waals surface area contributed by atoms with Gasteiger partial charge in [-0.2, -0.15) is 5.10 Å². The van der Waals surface area contributed by atoms with Crippen LogP contribution in [0.1, 0.15) is 64.6 Å². The Labute approximate surface area is 190 Å². The van der Waals surface area contributed by atoms with Crippen LogP contribution < -0.4 is 11.5 Å². The first-order chi connectivity index (χ1) is 15.2. The number of aromatic amines is 1. The Morgan fingerprint density at radius 3 is 2.25 bits per heavy atom. The second-order valence-electron chi connectivity index (χ2n) is 8.25. The van der Waals surface area contributed by atoms with Gasteiger partial charge >= 0.3 is 0 Å². The molecule has 0 bridgehead atoms. The van der Waals surface area contributed by atoms with Crippen molar-refractivity contribution in [3.05, 3.63) is 35.7 Å². The molecule has 0 aromatic carbocycles. The number of aromatic nitrogens is 2. The van der Waals surface area contributed by atoms with Gasteiger partial charge in [-0.15, -0.1) is 0 Å². The van der Waals surface area contributed by atoms with E-state index in [4.69, 9.17) is 5.73 Å². The fraction of sp³-hybridized carbons (Fsp3) is 0.583. The monoisotopic (exact) mass is 448 g/mol. The number of nitrogens with zero attached hydrogens (tertiary/aromatic N) is 3. The number of halogens is 2. The molecule has 0 radical (unpaired) electrons. The molecule has 4 rings (SSSR count). The van der Waals surface area contributed by atoms with Gasteiger partial charge in [-0.3, -0.25) is 10.1 Å². The number of anilines is 1. The molecule has 2 saturated carbocycles. The molecule has 2 fully saturated rings. The number of nitrogens with two attached hydrogens (primary N) is 2. The van der Waals surface area contributed by atoms with E-state index in [2.05, 4.69) is 32.4 Å². The van der Waals surface area contributed by atoms with Crippen LogP contribution in [0.5, 0.6) is 0 Å². The summed E-state index contributed by atoms with van der Waals surface area (Å²) < 4.78 is 27.5. The number of alkyl halides is 2. The van der Waals surface area contributed by atoms with E-state index in [1.165, 1.54) is 45.7 Å². The highest BCUT2D eigenvalue weighted by Crippen LogP contribution is 2.51. The Kier molecular flexibility index (Phi) is 8.40. The molecular formula is C24H38F2N6. The van der Waals surface area contributed by atoms with Crippen molar-refractivity contribution in [2.45, 2.75) is 65.3 Å². The largest absolute Gasteiger partial charge is 0.382 e. The van der Waals surface area contributed by atoms with Crippen molar-refractivity contribution < 1.29 is 8.78 Å². The van der Waals surface area contributed by atoms with Crippen molar-refractivity contribution in [2.75, 3.05) is 19.8 Å². The maximum Gasteiger partial charge on any atom is 0.266 e. The minimum Gasteiger partial charge on any atom is -0.382 e. The Balaban J connectivity index is 0.000000860. The zero-order valence-electron chi connectivity index (χ0n) is 20.2. The summed E-state index contributed by atoms with van der Waals surface area (Å²) in [5, 5.41) is 7.11. The molecule has 8 heteroatoms. The van der Waals surface area contributed by atoms with E-state index in [9.17, 15) is 8.78 Å². The molecule has 1 aromatic heterocycles. The number of H-pyrrole nitrogens is 1. The van der Waals surface area contributed by atoms with Crippen molar-refractivity contribution >= 4 is 22.8 Å². The molecule has 1 aromatic rings. The second kappa shape index (κ2) is 10.4. The first-order valence-corrected chi connectivity index (χ1v) is 11.4. The zero-order valence-corrected chi connectivity index (χ0v) is 20.2. The summed E-state index contributed by atoms with van der Waals surface area (Å²) in [7, 11) is 3.11. The van der Waals surface area contributed by atoms with Crippen molar-refractivity contribution in [2.24, 2.45) is 22.6 Å². The summed E-state index contributed by atoms with van der Waals surface area (Å²) in [5.74, 6) is -1.24. The number of fused-ring (bicyclic) bond motifs is 1. The Morgan fingerprint density at radius 1 is 1.28 bits per heavy atom. The van der Waals surface area contributed by atoms with E-state index in [1.807, 2.05) is 20.0 Å². The van der Waals surface area contributed by atoms with Gasteiger partial charge in [0.1, 0.15) is 0 Å². The fourth-order valence-corrected chi connectivity index (χ4v) is 4.02. The van der Waals surface area contributed by atoms with Crippen molar-refractivity contribution in [1.29, 1.82) is 0 Å². The minimum absolute atomic E-state index is 0.0417. The summed E-state index contributed by atoms with van der Waals surface area (Å²) in [6, 6.07) is 0.376. The van der Waals surface area contributed by atoms with Crippen LogP contribution in [0, 0.1) is 11.8 Å². The lowest BCUT2D eigenvalue weighted by atomic mass is 9.93. The predicted molar refractivity (Wildman–Crippen MR) is 130 cm³/mol. The molecule has 178 valence electrons. The van der Waals surface area contributed by atoms with Gasteiger partial charge < -0.3 is 16.4 Å². The Bertz CT molecular complexity index is 886. The average Bonchev–Trinajstić information content (AvgIpc) is 3.71. The molecule has 0 atom stereocenters. The number of nitrogens with one attached hydrogen (secondary N) is 1. The molecule has 0 saturated heterocycles. The van der Waals surface area contributed by atoms with E-state index < -0.39 is 5.92 Å². The van der Waals surface area contributed by atoms with Crippen molar-refractivity contribution in [3.8, 4) is 0 Å². The number of allylic oxidation sites excluding steroid dienone is 3. The summed E-state index contributed by atoms with van der Waals surface area (Å²) in [6.07, 6.45) is 8.33. The third kappa shape index (κ3) is 5.28. The number of aliphatic imine (C=N–C) groups is 1. The molecular weight excluding hydrogens is 410 g/mol. The van der Waals surface area contributed by atoms with E-state index in [1.54, 1.807) is 7.05 Å². The lowest BCUT2D eigenvalue weighted by Gasteiger charge is -2.36. The van der Waals surface area contributed by atoms with Gasteiger partial charge in [-0.1, -0.05) is 20.4 Å². The molecule has 1 aliphatic heterocycles. The summed E-state index contributed by atoms with van der Waals surface area (Å²) >= 11 is 0. The van der Waals surface area contributed by atoms with Gasteiger partial charge in [0.25, 0.3) is 5.92 Å². The number of hydrogen-bond acceptors (Lipinski definition) is 5. The van der Waals surface area contributed by atoms with Crippen LogP contribution in [0.4, 0.5) is 14.6 Å². The van der Waals surface area contributed by atoms with Gasteiger partial charge in [0.2, 0.25) is 0 Å². The summed E-state index contributed by atoms with van der Waals surface area (Å²) in [4.78, 5) is 6.51. The third-order valence-corrected chi connectivity index (χ3v) is 6.03. The highest BCUT2D eigenvalue weighted by Gasteiger charge is 2.46.